The van der Waals surface area contributed by atoms with E-state index in [1.807, 2.05) is 24.0 Å². The Morgan fingerprint density at radius 2 is 1.88 bits per heavy atom. The van der Waals surface area contributed by atoms with Crippen molar-refractivity contribution in [2.75, 3.05) is 37.7 Å². The third-order valence-electron chi connectivity index (χ3n) is 4.28. The maximum Gasteiger partial charge on any atom is 0.311 e. The zero-order chi connectivity index (χ0) is 17.6. The molecule has 7 nitrogen and oxygen atoms in total. The standard InChI is InChI=1S/C18H22N4O3/c1-2-25-16-7-5-15(6-8-16)14-20-10-12-21(13-11-20)18-17(22(23)24)4-3-9-19-18/h3-9H,2,10-14H2,1H3. The highest BCUT2D eigenvalue weighted by molar-refractivity contribution is 5.57. The first-order valence-corrected chi connectivity index (χ1v) is 8.46. The van der Waals surface area contributed by atoms with Gasteiger partial charge in [0.25, 0.3) is 0 Å². The molecule has 1 fully saturated rings. The molecule has 0 bridgehead atoms. The van der Waals surface area contributed by atoms with Crippen molar-refractivity contribution in [1.82, 2.24) is 9.88 Å². The first kappa shape index (κ1) is 17.2. The lowest BCUT2D eigenvalue weighted by atomic mass is 10.2. The summed E-state index contributed by atoms with van der Waals surface area (Å²) in [6.45, 7) is 6.66. The topological polar surface area (TPSA) is 71.7 Å². The minimum atomic E-state index is -0.366. The Balaban J connectivity index is 1.58. The van der Waals surface area contributed by atoms with E-state index in [1.165, 1.54) is 11.6 Å². The molecule has 2 heterocycles. The third kappa shape index (κ3) is 4.24. The number of hydrogen-bond donors (Lipinski definition) is 0. The first-order valence-electron chi connectivity index (χ1n) is 8.46. The Morgan fingerprint density at radius 1 is 1.16 bits per heavy atom. The van der Waals surface area contributed by atoms with Crippen LogP contribution in [0.4, 0.5) is 11.5 Å². The van der Waals surface area contributed by atoms with Crippen LogP contribution in [-0.4, -0.2) is 47.6 Å². The minimum absolute atomic E-state index is 0.0717. The van der Waals surface area contributed by atoms with Crippen LogP contribution in [0.2, 0.25) is 0 Å². The fourth-order valence-electron chi connectivity index (χ4n) is 3.01. The van der Waals surface area contributed by atoms with Gasteiger partial charge in [0, 0.05) is 45.0 Å². The average Bonchev–Trinajstić information content (AvgIpc) is 2.64. The highest BCUT2D eigenvalue weighted by Crippen LogP contribution is 2.26. The molecule has 0 amide bonds. The van der Waals surface area contributed by atoms with Crippen molar-refractivity contribution >= 4 is 11.5 Å². The summed E-state index contributed by atoms with van der Waals surface area (Å²) in [4.78, 5) is 19.3. The molecule has 0 unspecified atom stereocenters. The van der Waals surface area contributed by atoms with Gasteiger partial charge in [-0.25, -0.2) is 4.98 Å². The normalized spacial score (nSPS) is 15.2. The van der Waals surface area contributed by atoms with Crippen molar-refractivity contribution < 1.29 is 9.66 Å². The van der Waals surface area contributed by atoms with Gasteiger partial charge < -0.3 is 9.64 Å². The van der Waals surface area contributed by atoms with E-state index in [0.29, 0.717) is 12.4 Å². The van der Waals surface area contributed by atoms with E-state index in [-0.39, 0.29) is 10.6 Å². The molecule has 132 valence electrons. The molecule has 0 radical (unpaired) electrons. The van der Waals surface area contributed by atoms with Crippen LogP contribution in [0.5, 0.6) is 5.75 Å². The fraction of sp³-hybridized carbons (Fsp3) is 0.389. The average molecular weight is 342 g/mol. The molecular formula is C18H22N4O3. The molecule has 3 rings (SSSR count). The van der Waals surface area contributed by atoms with E-state index in [1.54, 1.807) is 12.3 Å². The maximum absolute atomic E-state index is 11.2. The van der Waals surface area contributed by atoms with Crippen LogP contribution >= 0.6 is 0 Å². The fourth-order valence-corrected chi connectivity index (χ4v) is 3.01. The third-order valence-corrected chi connectivity index (χ3v) is 4.28. The van der Waals surface area contributed by atoms with Crippen molar-refractivity contribution in [3.63, 3.8) is 0 Å². The molecule has 1 saturated heterocycles. The Bertz CT molecular complexity index is 713. The lowest BCUT2D eigenvalue weighted by Crippen LogP contribution is -2.46. The second kappa shape index (κ2) is 7.94. The summed E-state index contributed by atoms with van der Waals surface area (Å²) in [5, 5.41) is 11.2. The Hall–Kier alpha value is -2.67. The highest BCUT2D eigenvalue weighted by atomic mass is 16.6. The number of rotatable bonds is 6. The van der Waals surface area contributed by atoms with Crippen LogP contribution in [0.3, 0.4) is 0 Å². The van der Waals surface area contributed by atoms with Crippen LogP contribution in [0, 0.1) is 10.1 Å². The van der Waals surface area contributed by atoms with Gasteiger partial charge in [0.2, 0.25) is 5.82 Å². The lowest BCUT2D eigenvalue weighted by molar-refractivity contribution is -0.384. The quantitative estimate of drug-likeness (QED) is 0.594. The van der Waals surface area contributed by atoms with Crippen molar-refractivity contribution in [2.45, 2.75) is 13.5 Å². The van der Waals surface area contributed by atoms with Gasteiger partial charge in [0.05, 0.1) is 11.5 Å². The minimum Gasteiger partial charge on any atom is -0.494 e. The SMILES string of the molecule is CCOc1ccc(CN2CCN(c3ncccc3[N+](=O)[O-])CC2)cc1. The number of ether oxygens (including phenoxy) is 1. The smallest absolute Gasteiger partial charge is 0.311 e. The van der Waals surface area contributed by atoms with Gasteiger partial charge in [-0.05, 0) is 30.7 Å². The van der Waals surface area contributed by atoms with E-state index in [2.05, 4.69) is 22.0 Å². The van der Waals surface area contributed by atoms with Crippen molar-refractivity contribution in [3.05, 3.63) is 58.3 Å². The Morgan fingerprint density at radius 3 is 2.52 bits per heavy atom. The molecule has 0 aliphatic carbocycles. The summed E-state index contributed by atoms with van der Waals surface area (Å²) in [6.07, 6.45) is 1.61. The number of nitrogens with zero attached hydrogens (tertiary/aromatic N) is 4. The van der Waals surface area contributed by atoms with Gasteiger partial charge in [-0.2, -0.15) is 0 Å². The molecule has 7 heteroatoms. The second-order valence-electron chi connectivity index (χ2n) is 5.94. The zero-order valence-corrected chi connectivity index (χ0v) is 14.3. The lowest BCUT2D eigenvalue weighted by Gasteiger charge is -2.35. The molecule has 0 spiro atoms. The molecule has 1 aliphatic rings. The van der Waals surface area contributed by atoms with E-state index in [0.717, 1.165) is 38.5 Å². The molecule has 25 heavy (non-hydrogen) atoms. The van der Waals surface area contributed by atoms with E-state index in [9.17, 15) is 10.1 Å². The zero-order valence-electron chi connectivity index (χ0n) is 14.3. The molecule has 0 N–H and O–H groups in total. The van der Waals surface area contributed by atoms with E-state index in [4.69, 9.17) is 4.74 Å². The van der Waals surface area contributed by atoms with Crippen molar-refractivity contribution in [2.24, 2.45) is 0 Å². The number of pyridine rings is 1. The summed E-state index contributed by atoms with van der Waals surface area (Å²) in [6, 6.07) is 11.3. The van der Waals surface area contributed by atoms with E-state index < -0.39 is 0 Å². The molecule has 1 aromatic heterocycles. The van der Waals surface area contributed by atoms with E-state index >= 15 is 0 Å². The number of aromatic nitrogens is 1. The molecule has 1 aromatic carbocycles. The summed E-state index contributed by atoms with van der Waals surface area (Å²) < 4.78 is 5.46. The van der Waals surface area contributed by atoms with Gasteiger partial charge in [0.15, 0.2) is 0 Å². The summed E-state index contributed by atoms with van der Waals surface area (Å²) in [5.74, 6) is 1.35. The number of piperazine rings is 1. The van der Waals surface area contributed by atoms with Crippen LogP contribution in [-0.2, 0) is 6.54 Å². The van der Waals surface area contributed by atoms with Crippen molar-refractivity contribution in [1.29, 1.82) is 0 Å². The number of anilines is 1. The van der Waals surface area contributed by atoms with Gasteiger partial charge in [-0.3, -0.25) is 15.0 Å². The largest absolute Gasteiger partial charge is 0.494 e. The van der Waals surface area contributed by atoms with Crippen molar-refractivity contribution in [3.8, 4) is 5.75 Å². The first-order chi connectivity index (χ1) is 12.2. The summed E-state index contributed by atoms with van der Waals surface area (Å²) >= 11 is 0. The highest BCUT2D eigenvalue weighted by Gasteiger charge is 2.24. The second-order valence-corrected chi connectivity index (χ2v) is 5.94. The molecular weight excluding hydrogens is 320 g/mol. The summed E-state index contributed by atoms with van der Waals surface area (Å²) in [5.41, 5.74) is 1.31. The summed E-state index contributed by atoms with van der Waals surface area (Å²) in [7, 11) is 0. The molecule has 2 aromatic rings. The molecule has 0 atom stereocenters. The monoisotopic (exact) mass is 342 g/mol. The number of benzene rings is 1. The predicted molar refractivity (Wildman–Crippen MR) is 96.0 cm³/mol. The van der Waals surface area contributed by atoms with Crippen LogP contribution in [0.25, 0.3) is 0 Å². The predicted octanol–water partition coefficient (Wildman–Crippen LogP) is 2.71. The van der Waals surface area contributed by atoms with Gasteiger partial charge in [-0.1, -0.05) is 12.1 Å². The molecule has 0 saturated carbocycles. The number of nitro groups is 1. The van der Waals surface area contributed by atoms with Gasteiger partial charge >= 0.3 is 5.69 Å². The van der Waals surface area contributed by atoms with Crippen LogP contribution in [0.1, 0.15) is 12.5 Å². The number of hydrogen-bond acceptors (Lipinski definition) is 6. The maximum atomic E-state index is 11.2. The van der Waals surface area contributed by atoms with Gasteiger partial charge in [0.1, 0.15) is 5.75 Å². The molecule has 1 aliphatic heterocycles. The van der Waals surface area contributed by atoms with Gasteiger partial charge in [-0.15, -0.1) is 0 Å². The Labute approximate surface area is 147 Å². The van der Waals surface area contributed by atoms with Crippen LogP contribution < -0.4 is 9.64 Å². The Kier molecular flexibility index (Phi) is 5.45. The van der Waals surface area contributed by atoms with Crippen LogP contribution in [0.15, 0.2) is 42.6 Å².